The molecule has 7 atom stereocenters. The second-order valence-electron chi connectivity index (χ2n) is 13.4. The van der Waals surface area contributed by atoms with Gasteiger partial charge in [0.25, 0.3) is 0 Å². The van der Waals surface area contributed by atoms with Crippen molar-refractivity contribution in [3.8, 4) is 5.75 Å². The standard InChI is InChI=1S/C32H44N2O5/c1-30-12-10-23(35)18-21(30)4-9-25-26-11-13-32(38,31(26,2)19-27(36)29(25)30)28(37)20-33-14-16-34(17-15-33)22-5-7-24(39-3)8-6-22/h5-8,18,25-27,29,36,38H,4,9-17,19-20H2,1-3H3/t25-,26-,27+,29+,30-,31-,32-/m0/s1. The normalized spacial score (nSPS) is 40.4. The summed E-state index contributed by atoms with van der Waals surface area (Å²) in [7, 11) is 1.67. The van der Waals surface area contributed by atoms with Crippen LogP contribution in [0, 0.1) is 28.6 Å². The summed E-state index contributed by atoms with van der Waals surface area (Å²) in [6.45, 7) is 7.77. The molecule has 0 radical (unpaired) electrons. The number of allylic oxidation sites excluding steroid dienone is 1. The lowest BCUT2D eigenvalue weighted by Crippen LogP contribution is -2.63. The van der Waals surface area contributed by atoms with Crippen molar-refractivity contribution in [2.24, 2.45) is 28.6 Å². The zero-order chi connectivity index (χ0) is 27.6. The number of methoxy groups -OCH3 is 1. The molecule has 2 N–H and O–H groups in total. The van der Waals surface area contributed by atoms with Gasteiger partial charge in [-0.3, -0.25) is 14.5 Å². The second kappa shape index (κ2) is 9.71. The fourth-order valence-corrected chi connectivity index (χ4v) is 9.44. The van der Waals surface area contributed by atoms with E-state index in [1.54, 1.807) is 7.11 Å². The van der Waals surface area contributed by atoms with Crippen molar-refractivity contribution in [2.75, 3.05) is 44.7 Å². The van der Waals surface area contributed by atoms with Crippen LogP contribution in [-0.2, 0) is 9.59 Å². The Morgan fingerprint density at radius 3 is 2.46 bits per heavy atom. The van der Waals surface area contributed by atoms with Crippen molar-refractivity contribution in [2.45, 2.75) is 70.5 Å². The van der Waals surface area contributed by atoms with Gasteiger partial charge in [0.1, 0.15) is 11.4 Å². The number of ether oxygens (including phenoxy) is 1. The predicted octanol–water partition coefficient (Wildman–Crippen LogP) is 3.62. The highest BCUT2D eigenvalue weighted by atomic mass is 16.5. The van der Waals surface area contributed by atoms with Gasteiger partial charge in [0, 0.05) is 43.7 Å². The van der Waals surface area contributed by atoms with E-state index in [1.807, 2.05) is 18.2 Å². The van der Waals surface area contributed by atoms with E-state index in [4.69, 9.17) is 4.74 Å². The van der Waals surface area contributed by atoms with Crippen LogP contribution in [0.4, 0.5) is 5.69 Å². The minimum Gasteiger partial charge on any atom is -0.497 e. The van der Waals surface area contributed by atoms with E-state index in [1.165, 1.54) is 5.57 Å². The molecule has 5 aliphatic rings. The van der Waals surface area contributed by atoms with Crippen molar-refractivity contribution < 1.29 is 24.5 Å². The Morgan fingerprint density at radius 1 is 1.05 bits per heavy atom. The number of aliphatic hydroxyl groups excluding tert-OH is 1. The topological polar surface area (TPSA) is 90.3 Å². The quantitative estimate of drug-likeness (QED) is 0.594. The molecule has 39 heavy (non-hydrogen) atoms. The van der Waals surface area contributed by atoms with Gasteiger partial charge >= 0.3 is 0 Å². The smallest absolute Gasteiger partial charge is 0.178 e. The van der Waals surface area contributed by atoms with Crippen molar-refractivity contribution in [3.63, 3.8) is 0 Å². The van der Waals surface area contributed by atoms with Crippen LogP contribution in [0.1, 0.15) is 58.8 Å². The number of carbonyl (C=O) groups excluding carboxylic acids is 2. The van der Waals surface area contributed by atoms with E-state index >= 15 is 0 Å². The zero-order valence-corrected chi connectivity index (χ0v) is 23.7. The first kappa shape index (κ1) is 27.0. The maximum atomic E-state index is 13.9. The molecule has 1 aromatic carbocycles. The third-order valence-electron chi connectivity index (χ3n) is 11.7. The predicted molar refractivity (Wildman–Crippen MR) is 150 cm³/mol. The summed E-state index contributed by atoms with van der Waals surface area (Å²) in [6, 6.07) is 8.08. The maximum absolute atomic E-state index is 13.9. The number of nitrogens with zero attached hydrogens (tertiary/aromatic N) is 2. The number of rotatable bonds is 5. The van der Waals surface area contributed by atoms with E-state index in [0.717, 1.165) is 63.3 Å². The number of ketones is 2. The van der Waals surface area contributed by atoms with Crippen molar-refractivity contribution in [1.82, 2.24) is 4.90 Å². The summed E-state index contributed by atoms with van der Waals surface area (Å²) in [6.07, 6.45) is 6.17. The van der Waals surface area contributed by atoms with Crippen LogP contribution in [0.15, 0.2) is 35.9 Å². The Balaban J connectivity index is 1.14. The van der Waals surface area contributed by atoms with Crippen LogP contribution in [0.2, 0.25) is 0 Å². The van der Waals surface area contributed by atoms with Crippen molar-refractivity contribution in [1.29, 1.82) is 0 Å². The van der Waals surface area contributed by atoms with Crippen molar-refractivity contribution >= 4 is 17.3 Å². The summed E-state index contributed by atoms with van der Waals surface area (Å²) in [5.41, 5.74) is 0.166. The number of hydrogen-bond donors (Lipinski definition) is 2. The molecule has 7 heteroatoms. The van der Waals surface area contributed by atoms with Gasteiger partial charge in [0.05, 0.1) is 19.8 Å². The Labute approximate surface area is 232 Å². The molecule has 1 heterocycles. The Bertz CT molecular complexity index is 1160. The number of fused-ring (bicyclic) bond motifs is 5. The Morgan fingerprint density at radius 2 is 1.77 bits per heavy atom. The first-order chi connectivity index (χ1) is 18.6. The van der Waals surface area contributed by atoms with E-state index in [2.05, 4.69) is 35.8 Å². The highest BCUT2D eigenvalue weighted by Crippen LogP contribution is 2.67. The largest absolute Gasteiger partial charge is 0.497 e. The Kier molecular flexibility index (Phi) is 6.71. The third-order valence-corrected chi connectivity index (χ3v) is 11.7. The van der Waals surface area contributed by atoms with E-state index in [9.17, 15) is 19.8 Å². The van der Waals surface area contributed by atoms with Crippen LogP contribution in [0.3, 0.4) is 0 Å². The van der Waals surface area contributed by atoms with Gasteiger partial charge in [-0.25, -0.2) is 0 Å². The minimum atomic E-state index is -1.41. The van der Waals surface area contributed by atoms with Crippen LogP contribution in [0.25, 0.3) is 0 Å². The number of benzene rings is 1. The highest BCUT2D eigenvalue weighted by molar-refractivity contribution is 5.92. The summed E-state index contributed by atoms with van der Waals surface area (Å²) in [5, 5.41) is 23.7. The summed E-state index contributed by atoms with van der Waals surface area (Å²) in [5.74, 6) is 1.54. The fraction of sp³-hybridized carbons (Fsp3) is 0.688. The van der Waals surface area contributed by atoms with Gasteiger partial charge in [0.2, 0.25) is 0 Å². The Hall–Kier alpha value is -2.22. The average molecular weight is 537 g/mol. The lowest BCUT2D eigenvalue weighted by molar-refractivity contribution is -0.181. The van der Waals surface area contributed by atoms with Crippen LogP contribution >= 0.6 is 0 Å². The number of Topliss-reactive ketones (excluding diaryl/α,β-unsaturated/α-hetero) is 1. The SMILES string of the molecule is COc1ccc(N2CCN(CC(=O)[C@@]3(O)CC[C@H]4[C@@H]5CCC6=CC(=O)CC[C@]6(C)[C@H]5[C@H](O)C[C@@]43C)CC2)cc1. The number of anilines is 1. The molecule has 212 valence electrons. The molecule has 7 nitrogen and oxygen atoms in total. The van der Waals surface area contributed by atoms with Gasteiger partial charge in [0.15, 0.2) is 11.6 Å². The van der Waals surface area contributed by atoms with Gasteiger partial charge in [-0.1, -0.05) is 19.4 Å². The molecule has 6 rings (SSSR count). The van der Waals surface area contributed by atoms with Crippen LogP contribution in [0.5, 0.6) is 5.75 Å². The monoisotopic (exact) mass is 536 g/mol. The maximum Gasteiger partial charge on any atom is 0.178 e. The van der Waals surface area contributed by atoms with Gasteiger partial charge in [-0.2, -0.15) is 0 Å². The molecule has 4 aliphatic carbocycles. The second-order valence-corrected chi connectivity index (χ2v) is 13.4. The lowest BCUT2D eigenvalue weighted by Gasteiger charge is -2.60. The molecule has 1 saturated heterocycles. The third kappa shape index (κ3) is 4.18. The molecule has 1 aliphatic heterocycles. The summed E-state index contributed by atoms with van der Waals surface area (Å²) in [4.78, 5) is 30.5. The summed E-state index contributed by atoms with van der Waals surface area (Å²) >= 11 is 0. The lowest BCUT2D eigenvalue weighted by atomic mass is 9.45. The molecule has 0 unspecified atom stereocenters. The molecule has 3 saturated carbocycles. The van der Waals surface area contributed by atoms with Crippen LogP contribution in [-0.4, -0.2) is 78.2 Å². The molecular weight excluding hydrogens is 492 g/mol. The average Bonchev–Trinajstić information content (AvgIpc) is 3.20. The van der Waals surface area contributed by atoms with Crippen LogP contribution < -0.4 is 9.64 Å². The van der Waals surface area contributed by atoms with Crippen molar-refractivity contribution in [3.05, 3.63) is 35.9 Å². The number of aliphatic hydroxyl groups is 2. The minimum absolute atomic E-state index is 0.0816. The first-order valence-electron chi connectivity index (χ1n) is 14.9. The van der Waals surface area contributed by atoms with E-state index in [-0.39, 0.29) is 41.3 Å². The van der Waals surface area contributed by atoms with E-state index in [0.29, 0.717) is 19.3 Å². The number of hydrogen-bond acceptors (Lipinski definition) is 7. The molecule has 0 spiro atoms. The molecular formula is C32H44N2O5. The van der Waals surface area contributed by atoms with Gasteiger partial charge in [-0.15, -0.1) is 0 Å². The molecule has 1 aromatic rings. The molecule has 4 fully saturated rings. The zero-order valence-electron chi connectivity index (χ0n) is 23.7. The molecule has 0 bridgehead atoms. The highest BCUT2D eigenvalue weighted by Gasteiger charge is 2.68. The molecule has 0 aromatic heterocycles. The molecule has 0 amide bonds. The van der Waals surface area contributed by atoms with E-state index < -0.39 is 17.1 Å². The number of carbonyl (C=O) groups is 2. The van der Waals surface area contributed by atoms with Gasteiger partial charge < -0.3 is 19.8 Å². The fourth-order valence-electron chi connectivity index (χ4n) is 9.44. The first-order valence-corrected chi connectivity index (χ1v) is 14.9. The number of piperazine rings is 1. The van der Waals surface area contributed by atoms with Gasteiger partial charge in [-0.05, 0) is 92.0 Å². The summed E-state index contributed by atoms with van der Waals surface area (Å²) < 4.78 is 5.27.